The third-order valence-electron chi connectivity index (χ3n) is 2.03. The lowest BCUT2D eigenvalue weighted by molar-refractivity contribution is -0.138. The van der Waals surface area contributed by atoms with Gasteiger partial charge in [0.05, 0.1) is 22.8 Å². The van der Waals surface area contributed by atoms with E-state index in [1.165, 1.54) is 6.92 Å². The number of aromatic nitrogens is 1. The van der Waals surface area contributed by atoms with E-state index in [0.29, 0.717) is 6.20 Å². The van der Waals surface area contributed by atoms with Gasteiger partial charge in [-0.15, -0.1) is 0 Å². The van der Waals surface area contributed by atoms with Crippen molar-refractivity contribution in [3.8, 4) is 0 Å². The van der Waals surface area contributed by atoms with Gasteiger partial charge in [0.15, 0.2) is 0 Å². The SMILES string of the molecule is CCOC(=O)c1cnc(C(F)F)c(Cl)c1C(F)(F)F. The highest BCUT2D eigenvalue weighted by atomic mass is 35.5. The van der Waals surface area contributed by atoms with E-state index in [-0.39, 0.29) is 6.61 Å². The van der Waals surface area contributed by atoms with E-state index >= 15 is 0 Å². The van der Waals surface area contributed by atoms with Gasteiger partial charge in [-0.3, -0.25) is 4.98 Å². The number of ether oxygens (including phenoxy) is 1. The van der Waals surface area contributed by atoms with Crippen molar-refractivity contribution >= 4 is 17.6 Å². The summed E-state index contributed by atoms with van der Waals surface area (Å²) in [7, 11) is 0. The summed E-state index contributed by atoms with van der Waals surface area (Å²) in [6, 6.07) is 0. The highest BCUT2D eigenvalue weighted by molar-refractivity contribution is 6.32. The number of esters is 1. The van der Waals surface area contributed by atoms with Crippen molar-refractivity contribution in [3.05, 3.63) is 28.0 Å². The lowest BCUT2D eigenvalue weighted by Gasteiger charge is -2.15. The van der Waals surface area contributed by atoms with Crippen LogP contribution in [0.1, 0.15) is 35.0 Å². The Kier molecular flexibility index (Phi) is 4.67. The quantitative estimate of drug-likeness (QED) is 0.628. The molecule has 0 saturated carbocycles. The first kappa shape index (κ1) is 15.6. The number of carbonyl (C=O) groups is 1. The van der Waals surface area contributed by atoms with Gasteiger partial charge in [-0.2, -0.15) is 13.2 Å². The summed E-state index contributed by atoms with van der Waals surface area (Å²) in [6.45, 7) is 1.21. The summed E-state index contributed by atoms with van der Waals surface area (Å²) < 4.78 is 67.7. The van der Waals surface area contributed by atoms with E-state index in [1.807, 2.05) is 0 Å². The van der Waals surface area contributed by atoms with Crippen LogP contribution in [0.5, 0.6) is 0 Å². The van der Waals surface area contributed by atoms with Crippen molar-refractivity contribution in [2.24, 2.45) is 0 Å². The third kappa shape index (κ3) is 3.31. The van der Waals surface area contributed by atoms with Gasteiger partial charge in [0, 0.05) is 6.20 Å². The Bertz CT molecular complexity index is 490. The molecule has 3 nitrogen and oxygen atoms in total. The summed E-state index contributed by atoms with van der Waals surface area (Å²) in [6.07, 6.45) is -7.98. The largest absolute Gasteiger partial charge is 0.462 e. The fourth-order valence-corrected chi connectivity index (χ4v) is 1.63. The van der Waals surface area contributed by atoms with Crippen molar-refractivity contribution in [1.29, 1.82) is 0 Å². The van der Waals surface area contributed by atoms with Crippen molar-refractivity contribution in [2.75, 3.05) is 6.61 Å². The van der Waals surface area contributed by atoms with E-state index in [4.69, 9.17) is 11.6 Å². The zero-order valence-corrected chi connectivity index (χ0v) is 10.1. The molecule has 0 aliphatic heterocycles. The van der Waals surface area contributed by atoms with E-state index in [0.717, 1.165) is 0 Å². The van der Waals surface area contributed by atoms with E-state index in [1.54, 1.807) is 0 Å². The van der Waals surface area contributed by atoms with Crippen molar-refractivity contribution in [3.63, 3.8) is 0 Å². The molecule has 19 heavy (non-hydrogen) atoms. The predicted octanol–water partition coefficient (Wildman–Crippen LogP) is 3.87. The van der Waals surface area contributed by atoms with E-state index < -0.39 is 40.4 Å². The maximum atomic E-state index is 12.8. The number of carbonyl (C=O) groups excluding carboxylic acids is 1. The average Bonchev–Trinajstić information content (AvgIpc) is 2.26. The topological polar surface area (TPSA) is 39.2 Å². The van der Waals surface area contributed by atoms with Gasteiger partial charge >= 0.3 is 12.1 Å². The number of rotatable bonds is 3. The maximum Gasteiger partial charge on any atom is 0.418 e. The van der Waals surface area contributed by atoms with Gasteiger partial charge in [0.1, 0.15) is 5.69 Å². The summed E-state index contributed by atoms with van der Waals surface area (Å²) in [4.78, 5) is 14.4. The molecule has 0 saturated heterocycles. The van der Waals surface area contributed by atoms with Crippen LogP contribution in [0.15, 0.2) is 6.20 Å². The molecule has 1 heterocycles. The van der Waals surface area contributed by atoms with Gasteiger partial charge in [-0.25, -0.2) is 13.6 Å². The molecule has 9 heteroatoms. The molecule has 1 aromatic heterocycles. The number of hydrogen-bond acceptors (Lipinski definition) is 3. The van der Waals surface area contributed by atoms with Crippen LogP contribution >= 0.6 is 11.6 Å². The zero-order valence-electron chi connectivity index (χ0n) is 9.39. The first-order valence-electron chi connectivity index (χ1n) is 4.91. The summed E-state index contributed by atoms with van der Waals surface area (Å²) in [5.41, 5.74) is -3.90. The van der Waals surface area contributed by atoms with Crippen LogP contribution in [-0.4, -0.2) is 17.6 Å². The average molecular weight is 304 g/mol. The molecule has 0 aromatic carbocycles. The Morgan fingerprint density at radius 1 is 1.47 bits per heavy atom. The second kappa shape index (κ2) is 5.68. The maximum absolute atomic E-state index is 12.8. The molecule has 0 N–H and O–H groups in total. The van der Waals surface area contributed by atoms with Gasteiger partial charge in [0.2, 0.25) is 0 Å². The van der Waals surface area contributed by atoms with Crippen molar-refractivity contribution in [1.82, 2.24) is 4.98 Å². The standard InChI is InChI=1S/C10H7ClF5NO2/c1-2-19-9(18)4-3-17-7(8(12)13)6(11)5(4)10(14,15)16/h3,8H,2H2,1H3. The lowest BCUT2D eigenvalue weighted by atomic mass is 10.1. The molecule has 106 valence electrons. The molecule has 0 bridgehead atoms. The predicted molar refractivity (Wildman–Crippen MR) is 55.2 cm³/mol. The molecule has 0 radical (unpaired) electrons. The Morgan fingerprint density at radius 3 is 2.47 bits per heavy atom. The molecule has 0 spiro atoms. The lowest BCUT2D eigenvalue weighted by Crippen LogP contribution is -2.18. The van der Waals surface area contributed by atoms with Crippen LogP contribution in [0.25, 0.3) is 0 Å². The van der Waals surface area contributed by atoms with Crippen molar-refractivity contribution in [2.45, 2.75) is 19.5 Å². The highest BCUT2D eigenvalue weighted by Crippen LogP contribution is 2.40. The van der Waals surface area contributed by atoms with E-state index in [9.17, 15) is 26.7 Å². The van der Waals surface area contributed by atoms with Gasteiger partial charge in [-0.05, 0) is 6.92 Å². The van der Waals surface area contributed by atoms with Gasteiger partial charge in [-0.1, -0.05) is 11.6 Å². The monoisotopic (exact) mass is 303 g/mol. The van der Waals surface area contributed by atoms with Gasteiger partial charge in [0.25, 0.3) is 6.43 Å². The molecule has 0 aliphatic carbocycles. The highest BCUT2D eigenvalue weighted by Gasteiger charge is 2.40. The van der Waals surface area contributed by atoms with Crippen LogP contribution in [0.2, 0.25) is 5.02 Å². The molecule has 1 rings (SSSR count). The first-order valence-corrected chi connectivity index (χ1v) is 5.28. The minimum Gasteiger partial charge on any atom is -0.462 e. The van der Waals surface area contributed by atoms with Crippen LogP contribution < -0.4 is 0 Å². The summed E-state index contributed by atoms with van der Waals surface area (Å²) in [5, 5.41) is -1.30. The molecule has 0 aliphatic rings. The molecule has 0 unspecified atom stereocenters. The Morgan fingerprint density at radius 2 is 2.05 bits per heavy atom. The Labute approximate surface area is 109 Å². The summed E-state index contributed by atoms with van der Waals surface area (Å²) in [5.74, 6) is -1.33. The number of halogens is 6. The fourth-order valence-electron chi connectivity index (χ4n) is 1.29. The van der Waals surface area contributed by atoms with Crippen LogP contribution in [0, 0.1) is 0 Å². The minimum absolute atomic E-state index is 0.176. The molecular formula is C10H7ClF5NO2. The van der Waals surface area contributed by atoms with Crippen LogP contribution in [0.3, 0.4) is 0 Å². The number of pyridine rings is 1. The van der Waals surface area contributed by atoms with Crippen LogP contribution in [0.4, 0.5) is 22.0 Å². The second-order valence-electron chi connectivity index (χ2n) is 3.27. The normalized spacial score (nSPS) is 11.8. The fraction of sp³-hybridized carbons (Fsp3) is 0.400. The molecule has 1 aromatic rings. The number of alkyl halides is 5. The molecule has 0 fully saturated rings. The molecule has 0 atom stereocenters. The smallest absolute Gasteiger partial charge is 0.418 e. The van der Waals surface area contributed by atoms with Crippen LogP contribution in [-0.2, 0) is 10.9 Å². The third-order valence-corrected chi connectivity index (χ3v) is 2.41. The second-order valence-corrected chi connectivity index (χ2v) is 3.64. The Balaban J connectivity index is 3.49. The number of nitrogens with zero attached hydrogens (tertiary/aromatic N) is 1. The van der Waals surface area contributed by atoms with Gasteiger partial charge < -0.3 is 4.74 Å². The van der Waals surface area contributed by atoms with E-state index in [2.05, 4.69) is 9.72 Å². The first-order chi connectivity index (χ1) is 8.70. The minimum atomic E-state index is -5.08. The number of hydrogen-bond donors (Lipinski definition) is 0. The zero-order chi connectivity index (χ0) is 14.8. The molecular weight excluding hydrogens is 297 g/mol. The summed E-state index contributed by atoms with van der Waals surface area (Å²) >= 11 is 5.27. The Hall–Kier alpha value is -1.44. The van der Waals surface area contributed by atoms with Crippen molar-refractivity contribution < 1.29 is 31.5 Å². The molecule has 0 amide bonds.